The molecule has 1 aromatic carbocycles. The molecule has 1 heterocycles. The van der Waals surface area contributed by atoms with Crippen molar-refractivity contribution in [3.8, 4) is 0 Å². The lowest BCUT2D eigenvalue weighted by atomic mass is 9.77. The molecule has 0 aliphatic carbocycles. The second kappa shape index (κ2) is 6.99. The van der Waals surface area contributed by atoms with Crippen LogP contribution in [0.3, 0.4) is 0 Å². The van der Waals surface area contributed by atoms with E-state index in [2.05, 4.69) is 4.99 Å². The van der Waals surface area contributed by atoms with E-state index < -0.39 is 45.8 Å². The van der Waals surface area contributed by atoms with E-state index in [1.807, 2.05) is 0 Å². The van der Waals surface area contributed by atoms with Crippen LogP contribution in [0, 0.1) is 16.0 Å². The summed E-state index contributed by atoms with van der Waals surface area (Å²) in [5, 5.41) is 30.4. The summed E-state index contributed by atoms with van der Waals surface area (Å²) in [5.74, 6) is -6.65. The van der Waals surface area contributed by atoms with Gasteiger partial charge in [0.05, 0.1) is 17.1 Å². The van der Waals surface area contributed by atoms with Crippen molar-refractivity contribution >= 4 is 23.5 Å². The first-order valence-corrected chi connectivity index (χ1v) is 7.20. The number of benzene rings is 1. The van der Waals surface area contributed by atoms with Gasteiger partial charge in [-0.2, -0.15) is 4.99 Å². The molecule has 10 nitrogen and oxygen atoms in total. The van der Waals surface area contributed by atoms with Crippen LogP contribution in [0.15, 0.2) is 40.7 Å². The molecule has 1 aromatic rings. The smallest absolute Gasteiger partial charge is 0.335 e. The molecule has 2 rings (SSSR count). The second-order valence-corrected chi connectivity index (χ2v) is 5.10. The molecule has 0 bridgehead atoms. The Balaban J connectivity index is 2.78. The Morgan fingerprint density at radius 2 is 2.00 bits per heavy atom. The molecule has 132 valence electrons. The number of nitro benzene ring substituents is 1. The number of carbonyl (C=O) groups is 2. The third-order valence-electron chi connectivity index (χ3n) is 3.67. The monoisotopic (exact) mass is 349 g/mol. The molecule has 0 spiro atoms. The Morgan fingerprint density at radius 1 is 1.36 bits per heavy atom. The van der Waals surface area contributed by atoms with Gasteiger partial charge in [-0.25, -0.2) is 4.79 Å². The lowest BCUT2D eigenvalue weighted by Gasteiger charge is -2.29. The third-order valence-corrected chi connectivity index (χ3v) is 3.67. The standard InChI is InChI=1S/C15H15N3O7/c1-2-25-13-11(15(21)22)9(10(14(19)20)12(16)17-13)7-5-3-4-6-8(7)18(23)24/h3-6,9,11H,2,16H2,1H3,(H,19,20)(H,21,22). The van der Waals surface area contributed by atoms with Crippen LogP contribution in [0.2, 0.25) is 0 Å². The number of nitro groups is 1. The van der Waals surface area contributed by atoms with Gasteiger partial charge in [0, 0.05) is 17.5 Å². The first-order valence-electron chi connectivity index (χ1n) is 7.20. The van der Waals surface area contributed by atoms with Crippen LogP contribution in [0.25, 0.3) is 0 Å². The molecule has 2 atom stereocenters. The van der Waals surface area contributed by atoms with Crippen LogP contribution in [-0.2, 0) is 14.3 Å². The average molecular weight is 349 g/mol. The van der Waals surface area contributed by atoms with Gasteiger partial charge in [-0.1, -0.05) is 18.2 Å². The Morgan fingerprint density at radius 3 is 2.52 bits per heavy atom. The van der Waals surface area contributed by atoms with Crippen molar-refractivity contribution in [3.63, 3.8) is 0 Å². The van der Waals surface area contributed by atoms with Gasteiger partial charge in [-0.15, -0.1) is 0 Å². The summed E-state index contributed by atoms with van der Waals surface area (Å²) in [6, 6.07) is 5.30. The molecule has 0 saturated carbocycles. The van der Waals surface area contributed by atoms with E-state index in [0.717, 1.165) is 6.07 Å². The summed E-state index contributed by atoms with van der Waals surface area (Å²) < 4.78 is 5.20. The highest BCUT2D eigenvalue weighted by molar-refractivity contribution is 6.04. The van der Waals surface area contributed by atoms with Gasteiger partial charge < -0.3 is 20.7 Å². The fraction of sp³-hybridized carbons (Fsp3) is 0.267. The highest BCUT2D eigenvalue weighted by Gasteiger charge is 2.46. The molecule has 0 saturated heterocycles. The Hall–Kier alpha value is -3.43. The molecular formula is C15H15N3O7. The maximum absolute atomic E-state index is 11.8. The number of para-hydroxylation sites is 1. The summed E-state index contributed by atoms with van der Waals surface area (Å²) in [7, 11) is 0. The molecule has 1 aliphatic rings. The van der Waals surface area contributed by atoms with Crippen molar-refractivity contribution in [3.05, 3.63) is 51.3 Å². The highest BCUT2D eigenvalue weighted by atomic mass is 16.6. The number of carboxylic acid groups (broad SMARTS) is 2. The predicted octanol–water partition coefficient (Wildman–Crippen LogP) is 1.08. The Labute approximate surface area is 141 Å². The van der Waals surface area contributed by atoms with Crippen molar-refractivity contribution in [2.24, 2.45) is 16.6 Å². The van der Waals surface area contributed by atoms with Crippen molar-refractivity contribution in [1.82, 2.24) is 0 Å². The number of nitrogens with two attached hydrogens (primary N) is 1. The summed E-state index contributed by atoms with van der Waals surface area (Å²) >= 11 is 0. The molecule has 0 fully saturated rings. The van der Waals surface area contributed by atoms with Crippen LogP contribution in [0.1, 0.15) is 18.4 Å². The Bertz CT molecular complexity index is 800. The summed E-state index contributed by atoms with van der Waals surface area (Å²) in [6.07, 6.45) is 0. The zero-order chi connectivity index (χ0) is 18.7. The fourth-order valence-corrected chi connectivity index (χ4v) is 2.73. The lowest BCUT2D eigenvalue weighted by Crippen LogP contribution is -2.39. The number of hydrogen-bond donors (Lipinski definition) is 3. The SMILES string of the molecule is CCOC1=NC(N)=C(C(=O)O)C(c2ccccc2[N+](=O)[O-])C1C(=O)O. The summed E-state index contributed by atoms with van der Waals surface area (Å²) in [6.45, 7) is 1.66. The number of ether oxygens (including phenoxy) is 1. The second-order valence-electron chi connectivity index (χ2n) is 5.10. The molecule has 0 aromatic heterocycles. The minimum Gasteiger partial charge on any atom is -0.481 e. The molecule has 2 unspecified atom stereocenters. The minimum absolute atomic E-state index is 0.0713. The number of aliphatic carboxylic acids is 2. The van der Waals surface area contributed by atoms with Crippen LogP contribution < -0.4 is 5.73 Å². The average Bonchev–Trinajstić information content (AvgIpc) is 2.53. The van der Waals surface area contributed by atoms with Gasteiger partial charge in [-0.3, -0.25) is 14.9 Å². The summed E-state index contributed by atoms with van der Waals surface area (Å²) in [4.78, 5) is 37.8. The van der Waals surface area contributed by atoms with Gasteiger partial charge in [0.1, 0.15) is 11.7 Å². The molecular weight excluding hydrogens is 334 g/mol. The van der Waals surface area contributed by atoms with Gasteiger partial charge in [0.2, 0.25) is 5.90 Å². The first kappa shape index (κ1) is 17.9. The number of aliphatic imine (C=N–C) groups is 1. The maximum Gasteiger partial charge on any atom is 0.335 e. The van der Waals surface area contributed by atoms with E-state index in [0.29, 0.717) is 0 Å². The van der Waals surface area contributed by atoms with Gasteiger partial charge >= 0.3 is 11.9 Å². The van der Waals surface area contributed by atoms with Gasteiger partial charge in [0.15, 0.2) is 0 Å². The van der Waals surface area contributed by atoms with Gasteiger partial charge in [0.25, 0.3) is 5.69 Å². The fourth-order valence-electron chi connectivity index (χ4n) is 2.73. The van der Waals surface area contributed by atoms with Gasteiger partial charge in [-0.05, 0) is 6.92 Å². The molecule has 25 heavy (non-hydrogen) atoms. The summed E-state index contributed by atoms with van der Waals surface area (Å²) in [5.41, 5.74) is 4.66. The quantitative estimate of drug-likeness (QED) is 0.524. The van der Waals surface area contributed by atoms with E-state index in [1.165, 1.54) is 18.2 Å². The van der Waals surface area contributed by atoms with E-state index in [1.54, 1.807) is 6.92 Å². The van der Waals surface area contributed by atoms with E-state index in [9.17, 15) is 29.9 Å². The lowest BCUT2D eigenvalue weighted by molar-refractivity contribution is -0.385. The van der Waals surface area contributed by atoms with E-state index in [4.69, 9.17) is 10.5 Å². The van der Waals surface area contributed by atoms with Crippen LogP contribution in [0.4, 0.5) is 5.69 Å². The zero-order valence-corrected chi connectivity index (χ0v) is 13.1. The molecule has 1 aliphatic heterocycles. The van der Waals surface area contributed by atoms with Crippen LogP contribution >= 0.6 is 0 Å². The van der Waals surface area contributed by atoms with E-state index >= 15 is 0 Å². The third kappa shape index (κ3) is 3.27. The number of carboxylic acids is 2. The van der Waals surface area contributed by atoms with Crippen LogP contribution in [-0.4, -0.2) is 39.6 Å². The normalized spacial score (nSPS) is 20.0. The van der Waals surface area contributed by atoms with Crippen molar-refractivity contribution in [2.75, 3.05) is 6.61 Å². The molecule has 0 amide bonds. The highest BCUT2D eigenvalue weighted by Crippen LogP contribution is 2.41. The molecule has 10 heteroatoms. The van der Waals surface area contributed by atoms with E-state index in [-0.39, 0.29) is 18.1 Å². The van der Waals surface area contributed by atoms with Crippen LogP contribution in [0.5, 0.6) is 0 Å². The predicted molar refractivity (Wildman–Crippen MR) is 84.9 cm³/mol. The van der Waals surface area contributed by atoms with Crippen molar-refractivity contribution < 1.29 is 29.5 Å². The Kier molecular flexibility index (Phi) is 5.01. The minimum atomic E-state index is -1.56. The first-order chi connectivity index (χ1) is 11.8. The number of rotatable bonds is 5. The molecule has 0 radical (unpaired) electrons. The number of nitrogens with zero attached hydrogens (tertiary/aromatic N) is 2. The largest absolute Gasteiger partial charge is 0.481 e. The zero-order valence-electron chi connectivity index (χ0n) is 13.1. The maximum atomic E-state index is 11.8. The number of hydrogen-bond acceptors (Lipinski definition) is 7. The van der Waals surface area contributed by atoms with Crippen molar-refractivity contribution in [1.29, 1.82) is 0 Å². The topological polar surface area (TPSA) is 165 Å². The van der Waals surface area contributed by atoms with Crippen molar-refractivity contribution in [2.45, 2.75) is 12.8 Å². The molecule has 4 N–H and O–H groups in total.